The molecule has 0 fully saturated rings. The molecule has 6 nitrogen and oxygen atoms in total. The molecule has 0 saturated carbocycles. The van der Waals surface area contributed by atoms with Gasteiger partial charge in [-0.15, -0.1) is 5.10 Å². The molecular weight excluding hydrogens is 310 g/mol. The van der Waals surface area contributed by atoms with Gasteiger partial charge in [0.05, 0.1) is 18.8 Å². The number of nitrogens with zero attached hydrogens (tertiary/aromatic N) is 3. The molecule has 2 aromatic rings. The molecule has 0 aliphatic carbocycles. The first-order chi connectivity index (χ1) is 9.17. The maximum atomic E-state index is 5.66. The summed E-state index contributed by atoms with van der Waals surface area (Å²) in [5, 5.41) is 7.93. The van der Waals surface area contributed by atoms with Crippen LogP contribution < -0.4 is 16.0 Å². The predicted molar refractivity (Wildman–Crippen MR) is 75.5 cm³/mol. The molecule has 0 bridgehead atoms. The number of rotatable bonds is 5. The molecule has 0 saturated heterocycles. The standard InChI is InChI=1S/C12H16BrN5O/c1-18-11(12(13)16-17-18)9(15-14)7-8-5-3-4-6-10(8)19-2/h3-6,9,15H,7,14H2,1-2H3. The Labute approximate surface area is 120 Å². The first-order valence-electron chi connectivity index (χ1n) is 5.80. The summed E-state index contributed by atoms with van der Waals surface area (Å²) in [6.45, 7) is 0. The quantitative estimate of drug-likeness (QED) is 0.640. The van der Waals surface area contributed by atoms with E-state index in [1.165, 1.54) is 0 Å². The Hall–Kier alpha value is -1.44. The van der Waals surface area contributed by atoms with Gasteiger partial charge in [-0.05, 0) is 34.0 Å². The van der Waals surface area contributed by atoms with E-state index in [4.69, 9.17) is 10.6 Å². The minimum absolute atomic E-state index is 0.106. The van der Waals surface area contributed by atoms with Crippen LogP contribution in [0.25, 0.3) is 0 Å². The van der Waals surface area contributed by atoms with Crippen molar-refractivity contribution in [1.82, 2.24) is 20.4 Å². The number of halogens is 1. The van der Waals surface area contributed by atoms with E-state index in [1.54, 1.807) is 11.8 Å². The molecule has 102 valence electrons. The van der Waals surface area contributed by atoms with Crippen LogP contribution in [0.15, 0.2) is 28.9 Å². The van der Waals surface area contributed by atoms with Crippen LogP contribution in [-0.4, -0.2) is 22.1 Å². The molecule has 1 atom stereocenters. The zero-order chi connectivity index (χ0) is 13.8. The molecule has 0 spiro atoms. The lowest BCUT2D eigenvalue weighted by Crippen LogP contribution is -2.31. The van der Waals surface area contributed by atoms with Crippen LogP contribution in [0, 0.1) is 0 Å². The second-order valence-electron chi connectivity index (χ2n) is 4.12. The summed E-state index contributed by atoms with van der Waals surface area (Å²) in [7, 11) is 3.49. The van der Waals surface area contributed by atoms with Gasteiger partial charge in [-0.1, -0.05) is 23.4 Å². The smallest absolute Gasteiger partial charge is 0.153 e. The largest absolute Gasteiger partial charge is 0.496 e. The van der Waals surface area contributed by atoms with Crippen LogP contribution in [-0.2, 0) is 13.5 Å². The SMILES string of the molecule is COc1ccccc1CC(NN)c1c(Br)nnn1C. The van der Waals surface area contributed by atoms with Crippen LogP contribution in [0.3, 0.4) is 0 Å². The molecule has 7 heteroatoms. The summed E-state index contributed by atoms with van der Waals surface area (Å²) >= 11 is 3.39. The Morgan fingerprint density at radius 1 is 1.47 bits per heavy atom. The molecule has 0 radical (unpaired) electrons. The third kappa shape index (κ3) is 2.94. The Kier molecular flexibility index (Phi) is 4.52. The highest BCUT2D eigenvalue weighted by Gasteiger charge is 2.20. The van der Waals surface area contributed by atoms with Gasteiger partial charge in [0.25, 0.3) is 0 Å². The molecule has 3 N–H and O–H groups in total. The minimum atomic E-state index is -0.106. The van der Waals surface area contributed by atoms with E-state index in [0.717, 1.165) is 17.0 Å². The van der Waals surface area contributed by atoms with Crippen LogP contribution in [0.4, 0.5) is 0 Å². The highest BCUT2D eigenvalue weighted by Crippen LogP contribution is 2.27. The third-order valence-electron chi connectivity index (χ3n) is 2.97. The van der Waals surface area contributed by atoms with Gasteiger partial charge in [-0.2, -0.15) is 0 Å². The lowest BCUT2D eigenvalue weighted by Gasteiger charge is -2.17. The van der Waals surface area contributed by atoms with E-state index in [-0.39, 0.29) is 6.04 Å². The van der Waals surface area contributed by atoms with Crippen LogP contribution in [0.1, 0.15) is 17.3 Å². The van der Waals surface area contributed by atoms with Crippen molar-refractivity contribution in [3.8, 4) is 5.75 Å². The number of aromatic nitrogens is 3. The Bertz CT molecular complexity index is 537. The van der Waals surface area contributed by atoms with E-state index in [0.29, 0.717) is 11.0 Å². The van der Waals surface area contributed by atoms with E-state index in [9.17, 15) is 0 Å². The van der Waals surface area contributed by atoms with Crippen LogP contribution in [0.2, 0.25) is 0 Å². The summed E-state index contributed by atoms with van der Waals surface area (Å²) in [5.41, 5.74) is 4.77. The Balaban J connectivity index is 2.29. The summed E-state index contributed by atoms with van der Waals surface area (Å²) in [6, 6.07) is 7.75. The summed E-state index contributed by atoms with van der Waals surface area (Å²) < 4.78 is 7.74. The molecule has 19 heavy (non-hydrogen) atoms. The molecule has 1 heterocycles. The lowest BCUT2D eigenvalue weighted by molar-refractivity contribution is 0.404. The fraction of sp³-hybridized carbons (Fsp3) is 0.333. The number of para-hydroxylation sites is 1. The average Bonchev–Trinajstić information content (AvgIpc) is 2.76. The second-order valence-corrected chi connectivity index (χ2v) is 4.88. The lowest BCUT2D eigenvalue weighted by atomic mass is 10.0. The maximum absolute atomic E-state index is 5.66. The number of nitrogens with one attached hydrogen (secondary N) is 1. The van der Waals surface area contributed by atoms with Crippen molar-refractivity contribution in [2.45, 2.75) is 12.5 Å². The van der Waals surface area contributed by atoms with Crippen molar-refractivity contribution in [1.29, 1.82) is 0 Å². The molecular formula is C12H16BrN5O. The minimum Gasteiger partial charge on any atom is -0.496 e. The number of hydrogen-bond acceptors (Lipinski definition) is 5. The monoisotopic (exact) mass is 325 g/mol. The molecule has 1 aromatic heterocycles. The zero-order valence-electron chi connectivity index (χ0n) is 10.8. The van der Waals surface area contributed by atoms with Gasteiger partial charge in [0.2, 0.25) is 0 Å². The van der Waals surface area contributed by atoms with E-state index < -0.39 is 0 Å². The van der Waals surface area contributed by atoms with Gasteiger partial charge in [0.1, 0.15) is 5.75 Å². The molecule has 0 amide bonds. The van der Waals surface area contributed by atoms with Crippen molar-refractivity contribution < 1.29 is 4.74 Å². The average molecular weight is 326 g/mol. The number of aryl methyl sites for hydroxylation is 1. The first-order valence-corrected chi connectivity index (χ1v) is 6.59. The summed E-state index contributed by atoms with van der Waals surface area (Å²) in [5.74, 6) is 6.50. The predicted octanol–water partition coefficient (Wildman–Crippen LogP) is 1.33. The first kappa shape index (κ1) is 14.0. The van der Waals surface area contributed by atoms with Crippen molar-refractivity contribution in [2.75, 3.05) is 7.11 Å². The highest BCUT2D eigenvalue weighted by molar-refractivity contribution is 9.10. The van der Waals surface area contributed by atoms with E-state index in [2.05, 4.69) is 31.7 Å². The van der Waals surface area contributed by atoms with Gasteiger partial charge in [-0.25, -0.2) is 4.68 Å². The fourth-order valence-electron chi connectivity index (χ4n) is 2.03. The number of methoxy groups -OCH3 is 1. The van der Waals surface area contributed by atoms with Crippen LogP contribution in [0.5, 0.6) is 5.75 Å². The van der Waals surface area contributed by atoms with Crippen molar-refractivity contribution >= 4 is 15.9 Å². The molecule has 2 rings (SSSR count). The number of hydrogen-bond donors (Lipinski definition) is 2. The van der Waals surface area contributed by atoms with Crippen molar-refractivity contribution in [3.63, 3.8) is 0 Å². The van der Waals surface area contributed by atoms with Gasteiger partial charge in [-0.3, -0.25) is 11.3 Å². The Morgan fingerprint density at radius 2 is 2.21 bits per heavy atom. The maximum Gasteiger partial charge on any atom is 0.153 e. The van der Waals surface area contributed by atoms with Gasteiger partial charge >= 0.3 is 0 Å². The van der Waals surface area contributed by atoms with Gasteiger partial charge in [0.15, 0.2) is 4.60 Å². The van der Waals surface area contributed by atoms with Crippen LogP contribution >= 0.6 is 15.9 Å². The van der Waals surface area contributed by atoms with E-state index >= 15 is 0 Å². The third-order valence-corrected chi connectivity index (χ3v) is 3.54. The van der Waals surface area contributed by atoms with E-state index in [1.807, 2.05) is 31.3 Å². The number of hydrazine groups is 1. The zero-order valence-corrected chi connectivity index (χ0v) is 12.4. The highest BCUT2D eigenvalue weighted by atomic mass is 79.9. The molecule has 0 aliphatic rings. The van der Waals surface area contributed by atoms with Gasteiger partial charge < -0.3 is 4.74 Å². The number of nitrogens with two attached hydrogens (primary N) is 1. The topological polar surface area (TPSA) is 78.0 Å². The molecule has 0 aliphatic heterocycles. The Morgan fingerprint density at radius 3 is 2.79 bits per heavy atom. The second kappa shape index (κ2) is 6.14. The van der Waals surface area contributed by atoms with Crippen molar-refractivity contribution in [2.24, 2.45) is 12.9 Å². The van der Waals surface area contributed by atoms with Crippen molar-refractivity contribution in [3.05, 3.63) is 40.1 Å². The summed E-state index contributed by atoms with van der Waals surface area (Å²) in [6.07, 6.45) is 0.681. The molecule has 1 aromatic carbocycles. The number of benzene rings is 1. The molecule has 1 unspecified atom stereocenters. The number of ether oxygens (including phenoxy) is 1. The fourth-order valence-corrected chi connectivity index (χ4v) is 2.64. The normalized spacial score (nSPS) is 12.4. The van der Waals surface area contributed by atoms with Gasteiger partial charge in [0, 0.05) is 7.05 Å². The summed E-state index contributed by atoms with van der Waals surface area (Å²) in [4.78, 5) is 0.